The summed E-state index contributed by atoms with van der Waals surface area (Å²) < 4.78 is 0. The minimum atomic E-state index is 0. The first-order chi connectivity index (χ1) is 0. The van der Waals surface area contributed by atoms with E-state index in [0.717, 1.165) is 0 Å². The van der Waals surface area contributed by atoms with Crippen LogP contribution in [-0.4, -0.2) is 139 Å². The van der Waals surface area contributed by atoms with E-state index in [0.29, 0.717) is 0 Å². The second-order valence-electron chi connectivity index (χ2n) is 0. The van der Waals surface area contributed by atoms with E-state index in [2.05, 4.69) is 0 Å². The zero-order chi connectivity index (χ0) is 0. The van der Waals surface area contributed by atoms with Crippen LogP contribution in [0.25, 0.3) is 0 Å². The Labute approximate surface area is 221 Å². The van der Waals surface area contributed by atoms with Crippen LogP contribution in [0, 0.1) is 0 Å². The Balaban J connectivity index is 0. The fourth-order valence-corrected chi connectivity index (χ4v) is 0. The van der Waals surface area contributed by atoms with Crippen LogP contribution in [-0.2, 0) is 86.8 Å². The Bertz CT molecular complexity index is 12.5. The average molecular weight is 500 g/mol. The standard InChI is InChI=1S/8Al.5Cr.24H. The van der Waals surface area contributed by atoms with E-state index in [1.807, 2.05) is 0 Å². The van der Waals surface area contributed by atoms with Crippen molar-refractivity contribution in [1.29, 1.82) is 0 Å². The van der Waals surface area contributed by atoms with Crippen molar-refractivity contribution < 1.29 is 86.8 Å². The molecule has 0 saturated carbocycles. The first-order valence-electron chi connectivity index (χ1n) is 0. The minimum Gasteiger partial charge on any atom is 0 e. The molecule has 0 atom stereocenters. The summed E-state index contributed by atoms with van der Waals surface area (Å²) in [5, 5.41) is 0. The third-order valence-corrected chi connectivity index (χ3v) is 0. The Morgan fingerprint density at radius 3 is 0.154 bits per heavy atom. The van der Waals surface area contributed by atoms with Gasteiger partial charge in [-0.15, -0.1) is 0 Å². The molecule has 13 heteroatoms. The summed E-state index contributed by atoms with van der Waals surface area (Å²) in [6.45, 7) is 0. The smallest absolute Gasteiger partial charge is 0 e. The topological polar surface area (TPSA) is 0 Å². The number of hydrogen-bond acceptors (Lipinski definition) is 0. The summed E-state index contributed by atoms with van der Waals surface area (Å²) in [6, 6.07) is 0. The monoisotopic (exact) mass is 500 g/mol. The van der Waals surface area contributed by atoms with E-state index in [1.54, 1.807) is 0 Å². The zero-order valence-corrected chi connectivity index (χ0v) is 8.42. The molecule has 0 rings (SSSR count). The van der Waals surface area contributed by atoms with Crippen LogP contribution >= 0.6 is 0 Å². The Morgan fingerprint density at radius 1 is 0.154 bits per heavy atom. The molecule has 0 heterocycles. The molecule has 0 aliphatic heterocycles. The third kappa shape index (κ3) is 113. The van der Waals surface area contributed by atoms with Gasteiger partial charge in [-0.05, 0) is 0 Å². The molecule has 0 nitrogen and oxygen atoms in total. The SMILES string of the molecule is [AlH3].[AlH3].[AlH3].[AlH3].[AlH3].[AlH3].[AlH3].[AlH3].[Cr].[Cr].[Cr].[Cr].[Cr]. The second-order valence-corrected chi connectivity index (χ2v) is 0. The zero-order valence-electron chi connectivity index (χ0n) is 2.04. The average Bonchev–Trinajstić information content (AvgIpc) is 0. The van der Waals surface area contributed by atoms with Crippen molar-refractivity contribution >= 4 is 139 Å². The fraction of sp³-hybridized carbons (Fsp3) is 0. The van der Waals surface area contributed by atoms with Gasteiger partial charge in [0.1, 0.15) is 0 Å². The second kappa shape index (κ2) is 127. The Kier molecular flexibility index (Phi) is 1450. The van der Waals surface area contributed by atoms with Crippen molar-refractivity contribution in [2.24, 2.45) is 0 Å². The maximum Gasteiger partial charge on any atom is 0.187 e. The van der Waals surface area contributed by atoms with Gasteiger partial charge in [0.2, 0.25) is 0 Å². The Morgan fingerprint density at radius 2 is 0.154 bits per heavy atom. The van der Waals surface area contributed by atoms with Gasteiger partial charge in [-0.3, -0.25) is 0 Å². The van der Waals surface area contributed by atoms with E-state index < -0.39 is 0 Å². The van der Waals surface area contributed by atoms with E-state index >= 15 is 0 Å². The quantitative estimate of drug-likeness (QED) is 0.291. The molecule has 0 unspecified atom stereocenters. The van der Waals surface area contributed by atoms with Crippen LogP contribution in [0.5, 0.6) is 0 Å². The van der Waals surface area contributed by atoms with Gasteiger partial charge in [-0.25, -0.2) is 0 Å². The summed E-state index contributed by atoms with van der Waals surface area (Å²) in [4.78, 5) is 0. The van der Waals surface area contributed by atoms with Crippen LogP contribution in [0.2, 0.25) is 0 Å². The van der Waals surface area contributed by atoms with E-state index in [1.165, 1.54) is 0 Å². The van der Waals surface area contributed by atoms with E-state index in [-0.39, 0.29) is 226 Å². The van der Waals surface area contributed by atoms with Crippen molar-refractivity contribution in [2.75, 3.05) is 0 Å². The molecule has 0 radical (unpaired) electrons. The summed E-state index contributed by atoms with van der Waals surface area (Å²) in [5.41, 5.74) is 0. The molecule has 0 aliphatic carbocycles. The molecule has 0 aliphatic rings. The molecule has 0 saturated heterocycles. The van der Waals surface area contributed by atoms with E-state index in [9.17, 15) is 0 Å². The summed E-state index contributed by atoms with van der Waals surface area (Å²) >= 11 is 0. The minimum absolute atomic E-state index is 0. The van der Waals surface area contributed by atoms with Crippen LogP contribution in [0.3, 0.4) is 0 Å². The van der Waals surface area contributed by atoms with Gasteiger partial charge in [0.15, 0.2) is 139 Å². The van der Waals surface area contributed by atoms with Crippen molar-refractivity contribution in [1.82, 2.24) is 0 Å². The van der Waals surface area contributed by atoms with Crippen molar-refractivity contribution in [3.63, 3.8) is 0 Å². The molecule has 0 fully saturated rings. The fourth-order valence-electron chi connectivity index (χ4n) is 0. The molecule has 0 amide bonds. The summed E-state index contributed by atoms with van der Waals surface area (Å²) in [6.07, 6.45) is 0. The number of rotatable bonds is 0. The predicted molar refractivity (Wildman–Crippen MR) is 79.5 cm³/mol. The van der Waals surface area contributed by atoms with Gasteiger partial charge >= 0.3 is 0 Å². The first kappa shape index (κ1) is 149. The Hall–Kier alpha value is 6.92. The van der Waals surface area contributed by atoms with E-state index in [4.69, 9.17) is 0 Å². The third-order valence-electron chi connectivity index (χ3n) is 0. The molecule has 78 valence electrons. The van der Waals surface area contributed by atoms with Gasteiger partial charge in [0.25, 0.3) is 0 Å². The molecule has 0 aromatic heterocycles. The maximum absolute atomic E-state index is 0. The van der Waals surface area contributed by atoms with Gasteiger partial charge < -0.3 is 0 Å². The van der Waals surface area contributed by atoms with Crippen molar-refractivity contribution in [3.8, 4) is 0 Å². The summed E-state index contributed by atoms with van der Waals surface area (Å²) in [7, 11) is 0. The molecule has 0 spiro atoms. The first-order valence-corrected chi connectivity index (χ1v) is 0. The molecule has 0 bridgehead atoms. The van der Waals surface area contributed by atoms with Crippen LogP contribution < -0.4 is 0 Å². The maximum atomic E-state index is 0. The van der Waals surface area contributed by atoms with Crippen molar-refractivity contribution in [2.45, 2.75) is 0 Å². The molecule has 0 aromatic carbocycles. The molecule has 0 aromatic rings. The normalized spacial score (nSPS) is 0. The van der Waals surface area contributed by atoms with Gasteiger partial charge in [0.05, 0.1) is 0 Å². The molecule has 0 N–H and O–H groups in total. The van der Waals surface area contributed by atoms with Crippen LogP contribution in [0.1, 0.15) is 0 Å². The van der Waals surface area contributed by atoms with Gasteiger partial charge in [-0.1, -0.05) is 0 Å². The molecular weight excluding hydrogens is 476 g/mol. The number of hydrogen-bond donors (Lipinski definition) is 0. The van der Waals surface area contributed by atoms with Gasteiger partial charge in [0, 0.05) is 86.8 Å². The van der Waals surface area contributed by atoms with Crippen molar-refractivity contribution in [3.05, 3.63) is 0 Å². The molecule has 13 heavy (non-hydrogen) atoms. The summed E-state index contributed by atoms with van der Waals surface area (Å²) in [5.74, 6) is 0. The van der Waals surface area contributed by atoms with Crippen LogP contribution in [0.15, 0.2) is 0 Å². The van der Waals surface area contributed by atoms with Crippen LogP contribution in [0.4, 0.5) is 0 Å². The largest absolute Gasteiger partial charge is 0.187 e. The predicted octanol–water partition coefficient (Wildman–Crippen LogP) is -9.48. The molecular formula is H24Al8Cr5. The van der Waals surface area contributed by atoms with Gasteiger partial charge in [-0.2, -0.15) is 0 Å².